The predicted molar refractivity (Wildman–Crippen MR) is 134 cm³/mol. The van der Waals surface area contributed by atoms with Crippen molar-refractivity contribution in [3.63, 3.8) is 0 Å². The Labute approximate surface area is 204 Å². The lowest BCUT2D eigenvalue weighted by atomic mass is 10.00. The van der Waals surface area contributed by atoms with Crippen molar-refractivity contribution in [1.82, 2.24) is 20.2 Å². The fraction of sp³-hybridized carbons (Fsp3) is 0.370. The number of hydrogen-bond donors (Lipinski definition) is 2. The molecule has 8 nitrogen and oxygen atoms in total. The van der Waals surface area contributed by atoms with Crippen molar-refractivity contribution in [2.75, 3.05) is 31.6 Å². The van der Waals surface area contributed by atoms with Gasteiger partial charge in [0.2, 0.25) is 0 Å². The Kier molecular flexibility index (Phi) is 6.86. The number of carbonyl (C=O) groups is 1. The van der Waals surface area contributed by atoms with Gasteiger partial charge in [0, 0.05) is 38.6 Å². The summed E-state index contributed by atoms with van der Waals surface area (Å²) in [5.74, 6) is 1.85. The zero-order chi connectivity index (χ0) is 24.2. The molecule has 1 fully saturated rings. The van der Waals surface area contributed by atoms with Gasteiger partial charge >= 0.3 is 0 Å². The van der Waals surface area contributed by atoms with Gasteiger partial charge in [-0.2, -0.15) is 0 Å². The molecule has 1 atom stereocenters. The summed E-state index contributed by atoms with van der Waals surface area (Å²) >= 11 is 0. The number of amides is 1. The Hall–Kier alpha value is -3.58. The Morgan fingerprint density at radius 1 is 1.31 bits per heavy atom. The SMILES string of the molecule is CCC1=Cc2ncc(CN3CC=C(c4ccc(C(=O)N[C@H]5CCOC5)nc4)CC3)cc2NC1=C=O. The highest BCUT2D eigenvalue weighted by Gasteiger charge is 2.20. The van der Waals surface area contributed by atoms with E-state index in [1.165, 1.54) is 5.57 Å². The number of hydrogen-bond acceptors (Lipinski definition) is 7. The lowest BCUT2D eigenvalue weighted by Crippen LogP contribution is -2.35. The van der Waals surface area contributed by atoms with Crippen LogP contribution in [0.4, 0.5) is 5.69 Å². The van der Waals surface area contributed by atoms with Crippen molar-refractivity contribution in [2.45, 2.75) is 38.8 Å². The zero-order valence-corrected chi connectivity index (χ0v) is 19.8. The summed E-state index contributed by atoms with van der Waals surface area (Å²) in [6.07, 6.45) is 10.4. The van der Waals surface area contributed by atoms with Crippen molar-refractivity contribution in [3.8, 4) is 0 Å². The molecular formula is C27H29N5O3. The average Bonchev–Trinajstić information content (AvgIpc) is 3.41. The lowest BCUT2D eigenvalue weighted by molar-refractivity contribution is 0.0925. The van der Waals surface area contributed by atoms with Crippen LogP contribution in [-0.2, 0) is 16.1 Å². The molecule has 35 heavy (non-hydrogen) atoms. The van der Waals surface area contributed by atoms with Crippen LogP contribution in [-0.4, -0.2) is 59.1 Å². The van der Waals surface area contributed by atoms with Gasteiger partial charge in [0.1, 0.15) is 11.4 Å². The van der Waals surface area contributed by atoms with E-state index in [0.29, 0.717) is 24.6 Å². The molecular weight excluding hydrogens is 442 g/mol. The van der Waals surface area contributed by atoms with Gasteiger partial charge in [0.05, 0.1) is 24.0 Å². The first-order valence-electron chi connectivity index (χ1n) is 12.1. The number of allylic oxidation sites excluding steroid dienone is 1. The third kappa shape index (κ3) is 5.25. The van der Waals surface area contributed by atoms with Gasteiger partial charge in [-0.15, -0.1) is 0 Å². The number of ether oxygens (including phenoxy) is 1. The summed E-state index contributed by atoms with van der Waals surface area (Å²) in [5.41, 5.74) is 6.94. The minimum Gasteiger partial charge on any atom is -0.379 e. The molecule has 5 rings (SSSR count). The van der Waals surface area contributed by atoms with Crippen LogP contribution in [0.2, 0.25) is 0 Å². The largest absolute Gasteiger partial charge is 0.379 e. The molecule has 5 heterocycles. The van der Waals surface area contributed by atoms with Crippen LogP contribution in [0.1, 0.15) is 53.5 Å². The number of pyridine rings is 2. The minimum absolute atomic E-state index is 0.0749. The average molecular weight is 472 g/mol. The van der Waals surface area contributed by atoms with Crippen LogP contribution < -0.4 is 10.6 Å². The van der Waals surface area contributed by atoms with E-state index in [-0.39, 0.29) is 11.9 Å². The molecule has 0 radical (unpaired) electrons. The molecule has 2 aromatic rings. The van der Waals surface area contributed by atoms with E-state index >= 15 is 0 Å². The number of nitrogens with one attached hydrogen (secondary N) is 2. The third-order valence-electron chi connectivity index (χ3n) is 6.68. The molecule has 0 unspecified atom stereocenters. The second-order valence-corrected chi connectivity index (χ2v) is 9.08. The second-order valence-electron chi connectivity index (χ2n) is 9.08. The molecule has 180 valence electrons. The van der Waals surface area contributed by atoms with Crippen LogP contribution in [0.15, 0.2) is 47.9 Å². The van der Waals surface area contributed by atoms with Crippen LogP contribution in [0.5, 0.6) is 0 Å². The van der Waals surface area contributed by atoms with Gasteiger partial charge in [-0.25, -0.2) is 4.79 Å². The normalized spacial score (nSPS) is 19.8. The van der Waals surface area contributed by atoms with Gasteiger partial charge in [0.15, 0.2) is 5.94 Å². The number of carbonyl (C=O) groups excluding carboxylic acids is 2. The maximum absolute atomic E-state index is 12.4. The molecule has 0 spiro atoms. The van der Waals surface area contributed by atoms with E-state index in [1.54, 1.807) is 12.3 Å². The first-order valence-corrected chi connectivity index (χ1v) is 12.1. The summed E-state index contributed by atoms with van der Waals surface area (Å²) in [6, 6.07) is 5.91. The summed E-state index contributed by atoms with van der Waals surface area (Å²) in [6.45, 7) is 5.79. The molecule has 0 aliphatic carbocycles. The molecule has 3 aliphatic rings. The summed E-state index contributed by atoms with van der Waals surface area (Å²) in [5, 5.41) is 6.15. The van der Waals surface area contributed by atoms with Gasteiger partial charge in [-0.3, -0.25) is 19.7 Å². The van der Waals surface area contributed by atoms with Crippen molar-refractivity contribution >= 4 is 29.2 Å². The summed E-state index contributed by atoms with van der Waals surface area (Å²) in [4.78, 5) is 35.0. The second kappa shape index (κ2) is 10.4. The zero-order valence-electron chi connectivity index (χ0n) is 19.8. The first kappa shape index (κ1) is 23.2. The Morgan fingerprint density at radius 3 is 2.91 bits per heavy atom. The van der Waals surface area contributed by atoms with Gasteiger partial charge in [-0.1, -0.05) is 19.1 Å². The summed E-state index contributed by atoms with van der Waals surface area (Å²) in [7, 11) is 0. The van der Waals surface area contributed by atoms with E-state index in [1.807, 2.05) is 31.2 Å². The number of aromatic nitrogens is 2. The van der Waals surface area contributed by atoms with Crippen molar-refractivity contribution in [3.05, 3.63) is 70.5 Å². The molecule has 0 bridgehead atoms. The lowest BCUT2D eigenvalue weighted by Gasteiger charge is -2.27. The Bertz CT molecular complexity index is 1220. The predicted octanol–water partition coefficient (Wildman–Crippen LogP) is 3.22. The first-order chi connectivity index (χ1) is 17.1. The van der Waals surface area contributed by atoms with E-state index in [0.717, 1.165) is 67.0 Å². The fourth-order valence-electron chi connectivity index (χ4n) is 4.64. The van der Waals surface area contributed by atoms with Crippen LogP contribution >= 0.6 is 0 Å². The molecule has 8 heteroatoms. The highest BCUT2D eigenvalue weighted by Crippen LogP contribution is 2.29. The van der Waals surface area contributed by atoms with Gasteiger partial charge < -0.3 is 15.4 Å². The summed E-state index contributed by atoms with van der Waals surface area (Å²) < 4.78 is 5.31. The Morgan fingerprint density at radius 2 is 2.23 bits per heavy atom. The van der Waals surface area contributed by atoms with Crippen LogP contribution in [0.3, 0.4) is 0 Å². The smallest absolute Gasteiger partial charge is 0.270 e. The topological polar surface area (TPSA) is 96.5 Å². The molecule has 1 amide bonds. The monoisotopic (exact) mass is 471 g/mol. The minimum atomic E-state index is -0.152. The van der Waals surface area contributed by atoms with E-state index < -0.39 is 0 Å². The Balaban J connectivity index is 1.19. The highest BCUT2D eigenvalue weighted by molar-refractivity contribution is 5.92. The molecule has 3 aliphatic heterocycles. The highest BCUT2D eigenvalue weighted by atomic mass is 16.5. The number of rotatable bonds is 6. The maximum Gasteiger partial charge on any atom is 0.270 e. The van der Waals surface area contributed by atoms with Crippen molar-refractivity contribution in [1.29, 1.82) is 0 Å². The molecule has 0 saturated carbocycles. The fourth-order valence-corrected chi connectivity index (χ4v) is 4.64. The number of anilines is 1. The van der Waals surface area contributed by atoms with E-state index in [9.17, 15) is 9.59 Å². The standard InChI is InChI=1S/C27H29N5O3/c1-2-19-12-24-25(31-26(19)16-33)11-18(13-28-24)15-32-8-5-20(6-9-32)21-3-4-23(29-14-21)27(34)30-22-7-10-35-17-22/h3-5,11-14,22,31H,2,6-10,15,17H2,1H3,(H,30,34)/t22-/m0/s1. The van der Waals surface area contributed by atoms with Crippen molar-refractivity contribution in [2.24, 2.45) is 0 Å². The molecule has 2 aromatic heterocycles. The van der Waals surface area contributed by atoms with E-state index in [2.05, 4.69) is 37.6 Å². The molecule has 0 aromatic carbocycles. The third-order valence-corrected chi connectivity index (χ3v) is 6.68. The van der Waals surface area contributed by atoms with Crippen molar-refractivity contribution < 1.29 is 14.3 Å². The molecule has 1 saturated heterocycles. The van der Waals surface area contributed by atoms with E-state index in [4.69, 9.17) is 4.74 Å². The quantitative estimate of drug-likeness (QED) is 0.625. The van der Waals surface area contributed by atoms with Crippen LogP contribution in [0, 0.1) is 0 Å². The van der Waals surface area contributed by atoms with Gasteiger partial charge in [0.25, 0.3) is 5.91 Å². The number of nitrogens with zero attached hydrogens (tertiary/aromatic N) is 3. The van der Waals surface area contributed by atoms with Gasteiger partial charge in [-0.05, 0) is 59.7 Å². The maximum atomic E-state index is 12.4. The van der Waals surface area contributed by atoms with Crippen LogP contribution in [0.25, 0.3) is 11.6 Å². The number of fused-ring (bicyclic) bond motifs is 1. The molecule has 2 N–H and O–H groups in total.